The minimum absolute atomic E-state index is 0.210. The number of carbonyl (C=O) groups excluding carboxylic acids is 1. The van der Waals surface area contributed by atoms with Crippen molar-refractivity contribution in [1.29, 1.82) is 0 Å². The predicted octanol–water partition coefficient (Wildman–Crippen LogP) is 3.46. The molecule has 2 rings (SSSR count). The highest BCUT2D eigenvalue weighted by Gasteiger charge is 2.19. The average Bonchev–Trinajstić information content (AvgIpc) is 2.45. The molecule has 1 atom stereocenters. The SMILES string of the molecule is O=C(N[C@H](CO)c1ccccc1)c1c(Cl)cccc1Cl. The summed E-state index contributed by atoms with van der Waals surface area (Å²) < 4.78 is 0. The van der Waals surface area contributed by atoms with Crippen molar-refractivity contribution in [2.24, 2.45) is 0 Å². The summed E-state index contributed by atoms with van der Waals surface area (Å²) in [5, 5.41) is 12.7. The van der Waals surface area contributed by atoms with Gasteiger partial charge in [0.2, 0.25) is 0 Å². The van der Waals surface area contributed by atoms with E-state index in [4.69, 9.17) is 23.2 Å². The Morgan fingerprint density at radius 1 is 1.05 bits per heavy atom. The molecule has 0 spiro atoms. The molecule has 1 amide bonds. The Hall–Kier alpha value is -1.55. The molecule has 2 aromatic rings. The van der Waals surface area contributed by atoms with Gasteiger partial charge in [0.05, 0.1) is 28.3 Å². The number of aliphatic hydroxyl groups excluding tert-OH is 1. The van der Waals surface area contributed by atoms with Gasteiger partial charge < -0.3 is 10.4 Å². The molecule has 0 heterocycles. The van der Waals surface area contributed by atoms with E-state index in [9.17, 15) is 9.90 Å². The van der Waals surface area contributed by atoms with Crippen LogP contribution in [0.25, 0.3) is 0 Å². The number of rotatable bonds is 4. The summed E-state index contributed by atoms with van der Waals surface area (Å²) in [6.07, 6.45) is 0. The van der Waals surface area contributed by atoms with Crippen molar-refractivity contribution in [2.75, 3.05) is 6.61 Å². The first-order chi connectivity index (χ1) is 9.63. The highest BCUT2D eigenvalue weighted by atomic mass is 35.5. The molecule has 0 bridgehead atoms. The first-order valence-electron chi connectivity index (χ1n) is 6.04. The van der Waals surface area contributed by atoms with Crippen LogP contribution in [-0.2, 0) is 0 Å². The molecule has 2 N–H and O–H groups in total. The van der Waals surface area contributed by atoms with E-state index in [2.05, 4.69) is 5.32 Å². The van der Waals surface area contributed by atoms with Gasteiger partial charge in [-0.15, -0.1) is 0 Å². The molecule has 0 aliphatic rings. The summed E-state index contributed by atoms with van der Waals surface area (Å²) in [5.41, 5.74) is 1.02. The van der Waals surface area contributed by atoms with Crippen LogP contribution in [0, 0.1) is 0 Å². The lowest BCUT2D eigenvalue weighted by atomic mass is 10.1. The lowest BCUT2D eigenvalue weighted by Gasteiger charge is -2.17. The second kappa shape index (κ2) is 6.75. The fourth-order valence-corrected chi connectivity index (χ4v) is 2.43. The Bertz CT molecular complexity index is 582. The van der Waals surface area contributed by atoms with E-state index >= 15 is 0 Å². The largest absolute Gasteiger partial charge is 0.394 e. The van der Waals surface area contributed by atoms with E-state index in [0.29, 0.717) is 0 Å². The summed E-state index contributed by atoms with van der Waals surface area (Å²) >= 11 is 12.0. The molecule has 0 saturated heterocycles. The fourth-order valence-electron chi connectivity index (χ4n) is 1.86. The number of aliphatic hydroxyl groups is 1. The van der Waals surface area contributed by atoms with Crippen molar-refractivity contribution in [1.82, 2.24) is 5.32 Å². The van der Waals surface area contributed by atoms with Crippen LogP contribution in [0.1, 0.15) is 22.0 Å². The van der Waals surface area contributed by atoms with E-state index < -0.39 is 11.9 Å². The topological polar surface area (TPSA) is 49.3 Å². The van der Waals surface area contributed by atoms with Gasteiger partial charge >= 0.3 is 0 Å². The first kappa shape index (κ1) is 14.9. The van der Waals surface area contributed by atoms with Crippen LogP contribution in [0.15, 0.2) is 48.5 Å². The molecule has 3 nitrogen and oxygen atoms in total. The van der Waals surface area contributed by atoms with Crippen LogP contribution in [0.4, 0.5) is 0 Å². The summed E-state index contributed by atoms with van der Waals surface area (Å²) in [5.74, 6) is -0.413. The zero-order valence-electron chi connectivity index (χ0n) is 10.5. The minimum Gasteiger partial charge on any atom is -0.394 e. The van der Waals surface area contributed by atoms with Crippen molar-refractivity contribution in [3.05, 3.63) is 69.7 Å². The first-order valence-corrected chi connectivity index (χ1v) is 6.79. The monoisotopic (exact) mass is 309 g/mol. The smallest absolute Gasteiger partial charge is 0.254 e. The van der Waals surface area contributed by atoms with Gasteiger partial charge in [0.1, 0.15) is 0 Å². The number of benzene rings is 2. The van der Waals surface area contributed by atoms with Gasteiger partial charge in [-0.1, -0.05) is 59.6 Å². The number of halogens is 2. The van der Waals surface area contributed by atoms with Gasteiger partial charge in [0.15, 0.2) is 0 Å². The number of carbonyl (C=O) groups is 1. The Morgan fingerprint density at radius 2 is 1.65 bits per heavy atom. The van der Waals surface area contributed by atoms with Crippen LogP contribution < -0.4 is 5.32 Å². The third kappa shape index (κ3) is 3.31. The maximum atomic E-state index is 12.2. The molecule has 0 radical (unpaired) electrons. The molecule has 0 aliphatic carbocycles. The Labute approximate surface area is 127 Å². The number of hydrogen-bond donors (Lipinski definition) is 2. The second-order valence-electron chi connectivity index (χ2n) is 4.22. The highest BCUT2D eigenvalue weighted by Crippen LogP contribution is 2.25. The van der Waals surface area contributed by atoms with Gasteiger partial charge in [-0.2, -0.15) is 0 Å². The normalized spacial score (nSPS) is 11.9. The van der Waals surface area contributed by atoms with Crippen LogP contribution >= 0.6 is 23.2 Å². The zero-order valence-corrected chi connectivity index (χ0v) is 12.0. The van der Waals surface area contributed by atoms with Crippen LogP contribution in [0.3, 0.4) is 0 Å². The maximum Gasteiger partial charge on any atom is 0.254 e. The molecule has 0 fully saturated rings. The van der Waals surface area contributed by atoms with Crippen LogP contribution in [0.5, 0.6) is 0 Å². The van der Waals surface area contributed by atoms with Gasteiger partial charge in [0.25, 0.3) is 5.91 Å². The molecule has 0 unspecified atom stereocenters. The maximum absolute atomic E-state index is 12.2. The second-order valence-corrected chi connectivity index (χ2v) is 5.03. The third-order valence-corrected chi connectivity index (χ3v) is 3.51. The number of hydrogen-bond acceptors (Lipinski definition) is 2. The zero-order chi connectivity index (χ0) is 14.5. The van der Waals surface area contributed by atoms with Gasteiger partial charge in [-0.25, -0.2) is 0 Å². The third-order valence-electron chi connectivity index (χ3n) is 2.88. The van der Waals surface area contributed by atoms with Crippen LogP contribution in [0.2, 0.25) is 10.0 Å². The molecule has 20 heavy (non-hydrogen) atoms. The summed E-state index contributed by atoms with van der Waals surface area (Å²) in [6, 6.07) is 13.6. The quantitative estimate of drug-likeness (QED) is 0.908. The molecule has 104 valence electrons. The van der Waals surface area contributed by atoms with E-state index in [1.807, 2.05) is 30.3 Å². The van der Waals surface area contributed by atoms with Gasteiger partial charge in [-0.05, 0) is 17.7 Å². The van der Waals surface area contributed by atoms with Crippen molar-refractivity contribution >= 4 is 29.1 Å². The molecule has 0 aromatic heterocycles. The fraction of sp³-hybridized carbons (Fsp3) is 0.133. The highest BCUT2D eigenvalue weighted by molar-refractivity contribution is 6.39. The molecular formula is C15H13Cl2NO2. The summed E-state index contributed by atoms with van der Waals surface area (Å²) in [7, 11) is 0. The lowest BCUT2D eigenvalue weighted by Crippen LogP contribution is -2.31. The van der Waals surface area contributed by atoms with Crippen molar-refractivity contribution in [2.45, 2.75) is 6.04 Å². The van der Waals surface area contributed by atoms with Gasteiger partial charge in [-0.3, -0.25) is 4.79 Å². The number of nitrogens with one attached hydrogen (secondary N) is 1. The van der Waals surface area contributed by atoms with Crippen molar-refractivity contribution in [3.8, 4) is 0 Å². The number of amides is 1. The van der Waals surface area contributed by atoms with E-state index in [-0.39, 0.29) is 22.2 Å². The molecule has 0 aliphatic heterocycles. The lowest BCUT2D eigenvalue weighted by molar-refractivity contribution is 0.0916. The van der Waals surface area contributed by atoms with E-state index in [1.54, 1.807) is 18.2 Å². The van der Waals surface area contributed by atoms with Crippen molar-refractivity contribution < 1.29 is 9.90 Å². The van der Waals surface area contributed by atoms with Crippen molar-refractivity contribution in [3.63, 3.8) is 0 Å². The van der Waals surface area contributed by atoms with Gasteiger partial charge in [0, 0.05) is 0 Å². The Balaban J connectivity index is 2.22. The molecule has 0 saturated carbocycles. The van der Waals surface area contributed by atoms with E-state index in [1.165, 1.54) is 0 Å². The minimum atomic E-state index is -0.504. The molecule has 5 heteroatoms. The van der Waals surface area contributed by atoms with E-state index in [0.717, 1.165) is 5.56 Å². The predicted molar refractivity (Wildman–Crippen MR) is 80.2 cm³/mol. The molecule has 2 aromatic carbocycles. The summed E-state index contributed by atoms with van der Waals surface area (Å²) in [4.78, 5) is 12.2. The Morgan fingerprint density at radius 3 is 2.20 bits per heavy atom. The average molecular weight is 310 g/mol. The molecular weight excluding hydrogens is 297 g/mol. The van der Waals surface area contributed by atoms with Crippen LogP contribution in [-0.4, -0.2) is 17.6 Å². The Kier molecular flexibility index (Phi) is 5.01. The summed E-state index contributed by atoms with van der Waals surface area (Å²) in [6.45, 7) is -0.210. The standard InChI is InChI=1S/C15H13Cl2NO2/c16-11-7-4-8-12(17)14(11)15(20)18-13(9-19)10-5-2-1-3-6-10/h1-8,13,19H,9H2,(H,18,20)/t13-/m1/s1.